The molecule has 2 saturated heterocycles. The predicted molar refractivity (Wildman–Crippen MR) is 64.1 cm³/mol. The van der Waals surface area contributed by atoms with Gasteiger partial charge in [0, 0.05) is 25.4 Å². The molecule has 86 valence electrons. The number of amides is 1. The number of piperidine rings is 1. The van der Waals surface area contributed by atoms with Gasteiger partial charge in [-0.3, -0.25) is 4.79 Å². The zero-order valence-corrected chi connectivity index (χ0v) is 10.0. The van der Waals surface area contributed by atoms with Crippen molar-refractivity contribution >= 4 is 17.7 Å². The summed E-state index contributed by atoms with van der Waals surface area (Å²) in [5.41, 5.74) is 0. The summed E-state index contributed by atoms with van der Waals surface area (Å²) in [5, 5.41) is 3.32. The number of carbonyl (C=O) groups excluding carboxylic acids is 1. The van der Waals surface area contributed by atoms with Crippen molar-refractivity contribution in [3.05, 3.63) is 0 Å². The van der Waals surface area contributed by atoms with Crippen LogP contribution in [-0.4, -0.2) is 48.5 Å². The van der Waals surface area contributed by atoms with E-state index >= 15 is 0 Å². The molecule has 2 fully saturated rings. The Morgan fingerprint density at radius 2 is 2.20 bits per heavy atom. The summed E-state index contributed by atoms with van der Waals surface area (Å²) in [4.78, 5) is 14.3. The van der Waals surface area contributed by atoms with Crippen molar-refractivity contribution in [3.63, 3.8) is 0 Å². The number of thioether (sulfide) groups is 1. The first-order valence-corrected chi connectivity index (χ1v) is 7.10. The first-order valence-electron chi connectivity index (χ1n) is 5.95. The highest BCUT2D eigenvalue weighted by atomic mass is 32.2. The minimum atomic E-state index is 0.252. The van der Waals surface area contributed by atoms with Crippen LogP contribution in [0, 0.1) is 5.92 Å². The summed E-state index contributed by atoms with van der Waals surface area (Å²) in [6.07, 6.45) is 3.39. The fourth-order valence-electron chi connectivity index (χ4n) is 2.29. The lowest BCUT2D eigenvalue weighted by Gasteiger charge is -2.28. The fraction of sp³-hybridized carbons (Fsp3) is 0.909. The minimum absolute atomic E-state index is 0.252. The molecule has 0 bridgehead atoms. The summed E-state index contributed by atoms with van der Waals surface area (Å²) in [6, 6.07) is 0. The monoisotopic (exact) mass is 228 g/mol. The number of nitrogens with one attached hydrogen (secondary N) is 1. The van der Waals surface area contributed by atoms with Gasteiger partial charge < -0.3 is 10.2 Å². The number of hydrogen-bond acceptors (Lipinski definition) is 3. The Labute approximate surface area is 96.0 Å². The predicted octanol–water partition coefficient (Wildman–Crippen LogP) is 0.952. The average molecular weight is 228 g/mol. The summed E-state index contributed by atoms with van der Waals surface area (Å²) >= 11 is 1.97. The Morgan fingerprint density at radius 3 is 3.00 bits per heavy atom. The lowest BCUT2D eigenvalue weighted by Crippen LogP contribution is -2.43. The molecule has 0 aromatic rings. The van der Waals surface area contributed by atoms with Gasteiger partial charge in [0.15, 0.2) is 0 Å². The van der Waals surface area contributed by atoms with Crippen LogP contribution >= 0.6 is 11.8 Å². The third-order valence-corrected chi connectivity index (χ3v) is 4.23. The maximum atomic E-state index is 12.2. The molecule has 1 atom stereocenters. The topological polar surface area (TPSA) is 32.3 Å². The Bertz CT molecular complexity index is 209. The lowest BCUT2D eigenvalue weighted by atomic mass is 9.98. The molecular weight excluding hydrogens is 208 g/mol. The van der Waals surface area contributed by atoms with Gasteiger partial charge in [0.05, 0.1) is 5.92 Å². The van der Waals surface area contributed by atoms with Crippen LogP contribution in [0.2, 0.25) is 0 Å². The second kappa shape index (κ2) is 5.75. The van der Waals surface area contributed by atoms with E-state index in [1.807, 2.05) is 11.8 Å². The summed E-state index contributed by atoms with van der Waals surface area (Å²) in [5.74, 6) is 2.98. The van der Waals surface area contributed by atoms with Crippen LogP contribution in [0.5, 0.6) is 0 Å². The van der Waals surface area contributed by atoms with Crippen LogP contribution in [-0.2, 0) is 4.79 Å². The van der Waals surface area contributed by atoms with E-state index < -0.39 is 0 Å². The van der Waals surface area contributed by atoms with Gasteiger partial charge in [-0.15, -0.1) is 0 Å². The largest absolute Gasteiger partial charge is 0.342 e. The van der Waals surface area contributed by atoms with E-state index in [0.29, 0.717) is 5.91 Å². The molecule has 2 aliphatic heterocycles. The summed E-state index contributed by atoms with van der Waals surface area (Å²) in [7, 11) is 0. The molecule has 0 aliphatic carbocycles. The average Bonchev–Trinajstić information content (AvgIpc) is 2.58. The van der Waals surface area contributed by atoms with Gasteiger partial charge in [0.25, 0.3) is 0 Å². The van der Waals surface area contributed by atoms with Gasteiger partial charge in [-0.1, -0.05) is 0 Å². The molecule has 0 spiro atoms. The van der Waals surface area contributed by atoms with Crippen LogP contribution < -0.4 is 5.32 Å². The normalized spacial score (nSPS) is 28.5. The zero-order chi connectivity index (χ0) is 10.5. The third-order valence-electron chi connectivity index (χ3n) is 3.18. The zero-order valence-electron chi connectivity index (χ0n) is 9.21. The molecule has 1 N–H and O–H groups in total. The Kier molecular flexibility index (Phi) is 4.32. The summed E-state index contributed by atoms with van der Waals surface area (Å²) < 4.78 is 0. The molecule has 0 saturated carbocycles. The first kappa shape index (κ1) is 11.3. The molecule has 0 unspecified atom stereocenters. The Balaban J connectivity index is 1.87. The van der Waals surface area contributed by atoms with E-state index in [-0.39, 0.29) is 5.92 Å². The van der Waals surface area contributed by atoms with E-state index in [1.165, 1.54) is 5.75 Å². The highest BCUT2D eigenvalue weighted by Crippen LogP contribution is 2.16. The number of carbonyl (C=O) groups is 1. The van der Waals surface area contributed by atoms with Crippen LogP contribution in [0.25, 0.3) is 0 Å². The van der Waals surface area contributed by atoms with Crippen LogP contribution in [0.3, 0.4) is 0 Å². The van der Waals surface area contributed by atoms with Gasteiger partial charge in [-0.05, 0) is 31.6 Å². The van der Waals surface area contributed by atoms with Crippen molar-refractivity contribution in [3.8, 4) is 0 Å². The lowest BCUT2D eigenvalue weighted by molar-refractivity contribution is -0.135. The molecule has 4 heteroatoms. The molecule has 1 amide bonds. The van der Waals surface area contributed by atoms with Gasteiger partial charge >= 0.3 is 0 Å². The van der Waals surface area contributed by atoms with Crippen LogP contribution in [0.15, 0.2) is 0 Å². The van der Waals surface area contributed by atoms with E-state index in [2.05, 4.69) is 10.2 Å². The van der Waals surface area contributed by atoms with Crippen molar-refractivity contribution in [1.29, 1.82) is 0 Å². The Hall–Kier alpha value is -0.220. The van der Waals surface area contributed by atoms with Crippen molar-refractivity contribution < 1.29 is 4.79 Å². The Morgan fingerprint density at radius 1 is 1.27 bits per heavy atom. The molecule has 2 aliphatic rings. The second-order valence-electron chi connectivity index (χ2n) is 4.33. The molecule has 2 rings (SSSR count). The fourth-order valence-corrected chi connectivity index (χ4v) is 3.17. The van der Waals surface area contributed by atoms with Gasteiger partial charge in [-0.25, -0.2) is 0 Å². The van der Waals surface area contributed by atoms with Gasteiger partial charge in [0.2, 0.25) is 5.91 Å². The highest BCUT2D eigenvalue weighted by Gasteiger charge is 2.25. The van der Waals surface area contributed by atoms with Crippen molar-refractivity contribution in [2.75, 3.05) is 37.7 Å². The quantitative estimate of drug-likeness (QED) is 0.725. The van der Waals surface area contributed by atoms with E-state index in [9.17, 15) is 4.79 Å². The molecule has 0 radical (unpaired) electrons. The second-order valence-corrected chi connectivity index (χ2v) is 5.56. The molecule has 2 heterocycles. The minimum Gasteiger partial charge on any atom is -0.342 e. The summed E-state index contributed by atoms with van der Waals surface area (Å²) in [6.45, 7) is 3.91. The highest BCUT2D eigenvalue weighted by molar-refractivity contribution is 7.99. The van der Waals surface area contributed by atoms with E-state index in [4.69, 9.17) is 0 Å². The maximum Gasteiger partial charge on any atom is 0.226 e. The van der Waals surface area contributed by atoms with Crippen LogP contribution in [0.1, 0.15) is 19.3 Å². The van der Waals surface area contributed by atoms with Gasteiger partial charge in [0.1, 0.15) is 0 Å². The van der Waals surface area contributed by atoms with Gasteiger partial charge in [-0.2, -0.15) is 11.8 Å². The standard InChI is InChI=1S/C11H20N2OS/c14-11(10-3-1-4-12-9-10)13-5-2-7-15-8-6-13/h10,12H,1-9H2/t10-/m0/s1. The first-order chi connectivity index (χ1) is 7.38. The van der Waals surface area contributed by atoms with Crippen molar-refractivity contribution in [2.45, 2.75) is 19.3 Å². The third kappa shape index (κ3) is 3.11. The smallest absolute Gasteiger partial charge is 0.226 e. The van der Waals surface area contributed by atoms with Crippen molar-refractivity contribution in [2.24, 2.45) is 5.92 Å². The van der Waals surface area contributed by atoms with Crippen LogP contribution in [0.4, 0.5) is 0 Å². The SMILES string of the molecule is O=C([C@H]1CCCNC1)N1CCCSCC1. The molecule has 0 aromatic heterocycles. The van der Waals surface area contributed by atoms with Crippen molar-refractivity contribution in [1.82, 2.24) is 10.2 Å². The molecular formula is C11H20N2OS. The van der Waals surface area contributed by atoms with E-state index in [0.717, 1.165) is 51.2 Å². The molecule has 3 nitrogen and oxygen atoms in total. The van der Waals surface area contributed by atoms with E-state index in [1.54, 1.807) is 0 Å². The molecule has 0 aromatic carbocycles. The molecule has 15 heavy (non-hydrogen) atoms. The number of nitrogens with zero attached hydrogens (tertiary/aromatic N) is 1. The number of hydrogen-bond donors (Lipinski definition) is 1. The number of rotatable bonds is 1. The maximum absolute atomic E-state index is 12.2.